The van der Waals surface area contributed by atoms with Crippen molar-refractivity contribution in [3.05, 3.63) is 194 Å². The predicted molar refractivity (Wildman–Crippen MR) is 392 cm³/mol. The van der Waals surface area contributed by atoms with Gasteiger partial charge in [0.05, 0.1) is 0 Å². The quantitative estimate of drug-likeness (QED) is 0.0372. The molecule has 9 rings (SSSR count). The van der Waals surface area contributed by atoms with E-state index in [1.54, 1.807) is 27.8 Å². The van der Waals surface area contributed by atoms with Gasteiger partial charge in [0.2, 0.25) is 0 Å². The molecule has 0 amide bonds. The fraction of sp³-hybridized carbons (Fsp3) is 0.524. The van der Waals surface area contributed by atoms with Gasteiger partial charge < -0.3 is 9.80 Å². The van der Waals surface area contributed by atoms with Gasteiger partial charge in [-0.2, -0.15) is 0 Å². The van der Waals surface area contributed by atoms with Gasteiger partial charge in [0.1, 0.15) is 0 Å². The van der Waals surface area contributed by atoms with E-state index in [0.29, 0.717) is 11.8 Å². The van der Waals surface area contributed by atoms with E-state index in [9.17, 15) is 0 Å². The molecule has 0 aromatic heterocycles. The van der Waals surface area contributed by atoms with Gasteiger partial charge in [-0.25, -0.2) is 0 Å². The molecule has 3 aliphatic carbocycles. The van der Waals surface area contributed by atoms with Crippen LogP contribution < -0.4 is 9.80 Å². The minimum atomic E-state index is -0.0943. The zero-order valence-electron chi connectivity index (χ0n) is 56.5. The van der Waals surface area contributed by atoms with Gasteiger partial charge in [0.15, 0.2) is 0 Å². The van der Waals surface area contributed by atoms with E-state index in [1.165, 1.54) is 231 Å². The third kappa shape index (κ3) is 16.0. The summed E-state index contributed by atoms with van der Waals surface area (Å²) in [6.07, 6.45) is 44.4. The Morgan fingerprint density at radius 3 is 1.18 bits per heavy atom. The second kappa shape index (κ2) is 31.6. The van der Waals surface area contributed by atoms with Crippen molar-refractivity contribution in [1.29, 1.82) is 0 Å². The third-order valence-corrected chi connectivity index (χ3v) is 21.9. The summed E-state index contributed by atoms with van der Waals surface area (Å²) in [5, 5.41) is 0. The van der Waals surface area contributed by atoms with Gasteiger partial charge in [-0.15, -0.1) is 0 Å². The normalized spacial score (nSPS) is 16.3. The molecular formula is C84H112Br2N2. The van der Waals surface area contributed by atoms with Crippen LogP contribution in [-0.2, 0) is 21.7 Å². The average molecular weight is 1310 g/mol. The molecule has 0 N–H and O–H groups in total. The summed E-state index contributed by atoms with van der Waals surface area (Å²) in [5.74, 6) is 0.656. The summed E-state index contributed by atoms with van der Waals surface area (Å²) >= 11 is 7.62. The van der Waals surface area contributed by atoms with Crippen molar-refractivity contribution in [3.8, 4) is 11.1 Å². The highest BCUT2D eigenvalue weighted by molar-refractivity contribution is 9.10. The molecule has 3 aliphatic rings. The fourth-order valence-corrected chi connectivity index (χ4v) is 16.3. The van der Waals surface area contributed by atoms with E-state index < -0.39 is 0 Å². The molecule has 6 aromatic rings. The zero-order chi connectivity index (χ0) is 62.3. The summed E-state index contributed by atoms with van der Waals surface area (Å²) in [5.41, 5.74) is 19.7. The molecule has 0 heterocycles. The van der Waals surface area contributed by atoms with Crippen LogP contribution in [0.3, 0.4) is 0 Å². The van der Waals surface area contributed by atoms with E-state index in [4.69, 9.17) is 0 Å². The largest absolute Gasteiger partial charge is 0.311 e. The van der Waals surface area contributed by atoms with Crippen LogP contribution in [0.25, 0.3) is 11.1 Å². The standard InChI is InChI=1S/C84H112Br2N2/c1-11-15-19-23-27-31-55-83(56-32-28-24-20-16-12-2)77-59-71(87(69-47-39-65(85)40-48-69)67-43-35-63(36-44-67)81(5,6)7)51-53-73(77)75-62-80-76(61-79(75)83)74-54-52-72(88(70-49-41-66(86)42-50-70)68-45-37-64(38-46-68)82(8,9)10)60-78(74)84(80,57-33-29-25-21-17-13-3)58-34-30-26-22-18-14-4/h35-54,59-62,73,77H,11-34,55-58H2,1-10H3. The monoisotopic (exact) mass is 1310 g/mol. The number of hydrogen-bond donors (Lipinski definition) is 0. The summed E-state index contributed by atoms with van der Waals surface area (Å²) in [4.78, 5) is 5.12. The lowest BCUT2D eigenvalue weighted by Gasteiger charge is -2.40. The number of allylic oxidation sites excluding steroid dienone is 3. The molecule has 88 heavy (non-hydrogen) atoms. The minimum absolute atomic E-state index is 0.00351. The molecule has 0 spiro atoms. The van der Waals surface area contributed by atoms with Crippen molar-refractivity contribution in [2.45, 2.75) is 277 Å². The Kier molecular flexibility index (Phi) is 24.3. The number of benzene rings is 6. The number of nitrogens with zero attached hydrogens (tertiary/aromatic N) is 2. The first-order chi connectivity index (χ1) is 42.6. The summed E-state index contributed by atoms with van der Waals surface area (Å²) in [7, 11) is 0. The van der Waals surface area contributed by atoms with Crippen LogP contribution in [-0.4, -0.2) is 0 Å². The Balaban J connectivity index is 1.26. The van der Waals surface area contributed by atoms with Gasteiger partial charge in [-0.05, 0) is 184 Å². The first kappa shape index (κ1) is 67.7. The molecule has 0 bridgehead atoms. The smallest absolute Gasteiger partial charge is 0.0465 e. The van der Waals surface area contributed by atoms with Crippen molar-refractivity contribution in [2.75, 3.05) is 9.80 Å². The highest BCUT2D eigenvalue weighted by atomic mass is 79.9. The molecule has 2 unspecified atom stereocenters. The Hall–Kier alpha value is -4.64. The fourth-order valence-electron chi connectivity index (χ4n) is 15.7. The van der Waals surface area contributed by atoms with Crippen LogP contribution >= 0.6 is 31.9 Å². The molecular weight excluding hydrogens is 1200 g/mol. The Bertz CT molecular complexity index is 3150. The third-order valence-electron chi connectivity index (χ3n) is 20.8. The van der Waals surface area contributed by atoms with Crippen molar-refractivity contribution < 1.29 is 0 Å². The maximum absolute atomic E-state index is 3.81. The average Bonchev–Trinajstić information content (AvgIpc) is 1.54. The molecule has 0 radical (unpaired) electrons. The van der Waals surface area contributed by atoms with Crippen LogP contribution in [0, 0.1) is 5.92 Å². The van der Waals surface area contributed by atoms with Gasteiger partial charge in [0.25, 0.3) is 0 Å². The lowest BCUT2D eigenvalue weighted by atomic mass is 9.65. The first-order valence-electron chi connectivity index (χ1n) is 35.6. The van der Waals surface area contributed by atoms with Crippen molar-refractivity contribution in [3.63, 3.8) is 0 Å². The molecule has 0 fully saturated rings. The Morgan fingerprint density at radius 2 is 0.750 bits per heavy atom. The number of unbranched alkanes of at least 4 members (excludes halogenated alkanes) is 20. The topological polar surface area (TPSA) is 6.48 Å². The number of hydrogen-bond acceptors (Lipinski definition) is 2. The molecule has 0 aliphatic heterocycles. The summed E-state index contributed by atoms with van der Waals surface area (Å²) in [6, 6.07) is 50.7. The maximum Gasteiger partial charge on any atom is 0.0465 e. The SMILES string of the molecule is CCCCCCCCC1(CCCCCCCC)c2cc(N(c3ccc(Br)cc3)c3ccc(C(C)(C)C)cc3)ccc2-c2cc3c(cc21)C1C=CC(N(c2ccc(Br)cc2)c2ccc(C(C)(C)C)cc2)=CC1C3(CCCCCCCC)CCCCCCCC. The van der Waals surface area contributed by atoms with E-state index >= 15 is 0 Å². The zero-order valence-corrected chi connectivity index (χ0v) is 59.6. The molecule has 6 aromatic carbocycles. The van der Waals surface area contributed by atoms with Crippen molar-refractivity contribution >= 4 is 60.3 Å². The van der Waals surface area contributed by atoms with Crippen LogP contribution in [0.5, 0.6) is 0 Å². The second-order valence-electron chi connectivity index (χ2n) is 29.2. The van der Waals surface area contributed by atoms with E-state index in [1.807, 2.05) is 0 Å². The lowest BCUT2D eigenvalue weighted by molar-refractivity contribution is 0.263. The van der Waals surface area contributed by atoms with Gasteiger partial charge in [0, 0.05) is 59.8 Å². The van der Waals surface area contributed by atoms with Crippen molar-refractivity contribution in [1.82, 2.24) is 0 Å². The van der Waals surface area contributed by atoms with E-state index in [2.05, 4.69) is 257 Å². The maximum atomic E-state index is 3.81. The predicted octanol–water partition coefficient (Wildman–Crippen LogP) is 27.8. The van der Waals surface area contributed by atoms with Gasteiger partial charge >= 0.3 is 0 Å². The number of anilines is 5. The molecule has 0 saturated heterocycles. The molecule has 0 saturated carbocycles. The molecule has 2 atom stereocenters. The first-order valence-corrected chi connectivity index (χ1v) is 37.2. The van der Waals surface area contributed by atoms with Gasteiger partial charge in [-0.1, -0.05) is 304 Å². The van der Waals surface area contributed by atoms with E-state index in [-0.39, 0.29) is 21.7 Å². The molecule has 4 heteroatoms. The highest BCUT2D eigenvalue weighted by Gasteiger charge is 2.53. The summed E-state index contributed by atoms with van der Waals surface area (Å²) < 4.78 is 2.21. The van der Waals surface area contributed by atoms with Crippen molar-refractivity contribution in [2.24, 2.45) is 5.92 Å². The number of rotatable bonds is 34. The Labute approximate surface area is 553 Å². The van der Waals surface area contributed by atoms with E-state index in [0.717, 1.165) is 8.95 Å². The summed E-state index contributed by atoms with van der Waals surface area (Å²) in [6.45, 7) is 23.4. The minimum Gasteiger partial charge on any atom is -0.311 e. The van der Waals surface area contributed by atoms with Crippen LogP contribution in [0.1, 0.15) is 288 Å². The number of fused-ring (bicyclic) bond motifs is 6. The Morgan fingerprint density at radius 1 is 0.375 bits per heavy atom. The second-order valence-corrected chi connectivity index (χ2v) is 31.1. The molecule has 472 valence electrons. The van der Waals surface area contributed by atoms with Crippen LogP contribution in [0.4, 0.5) is 28.4 Å². The highest BCUT2D eigenvalue weighted by Crippen LogP contribution is 2.64. The lowest BCUT2D eigenvalue weighted by Crippen LogP contribution is -2.34. The van der Waals surface area contributed by atoms with Gasteiger partial charge in [-0.3, -0.25) is 0 Å². The van der Waals surface area contributed by atoms with Crippen LogP contribution in [0.2, 0.25) is 0 Å². The van der Waals surface area contributed by atoms with Crippen LogP contribution in [0.15, 0.2) is 160 Å². The molecule has 2 nitrogen and oxygen atoms in total. The number of halogens is 2.